The number of carbonyl (C=O) groups is 1. The van der Waals surface area contributed by atoms with Crippen LogP contribution >= 0.6 is 0 Å². The van der Waals surface area contributed by atoms with E-state index in [9.17, 15) is 0 Å². The molecule has 1 unspecified atom stereocenters. The molecule has 5 nitrogen and oxygen atoms in total. The summed E-state index contributed by atoms with van der Waals surface area (Å²) < 4.78 is 5.33. The predicted octanol–water partition coefficient (Wildman–Crippen LogP) is 3.10. The minimum absolute atomic E-state index is 0.107. The van der Waals surface area contributed by atoms with Crippen LogP contribution in [0.15, 0.2) is 24.3 Å². The van der Waals surface area contributed by atoms with Crippen LogP contribution in [0.4, 0.5) is 0 Å². The van der Waals surface area contributed by atoms with Crippen LogP contribution in [-0.2, 0) is 9.53 Å². The molecule has 1 aromatic carbocycles. The maximum absolute atomic E-state index is 8.36. The molecule has 0 spiro atoms. The fraction of sp³-hybridized carbons (Fsp3) is 0.333. The van der Waals surface area contributed by atoms with E-state index in [2.05, 4.69) is 28.2 Å². The van der Waals surface area contributed by atoms with E-state index in [1.807, 2.05) is 26.8 Å². The Bertz CT molecular complexity index is 564. The summed E-state index contributed by atoms with van der Waals surface area (Å²) in [5.41, 5.74) is 4.43. The molecule has 1 heterocycles. The van der Waals surface area contributed by atoms with Gasteiger partial charge in [-0.05, 0) is 32.4 Å². The molecule has 0 fully saturated rings. The van der Waals surface area contributed by atoms with Gasteiger partial charge in [0.25, 0.3) is 6.47 Å². The summed E-state index contributed by atoms with van der Waals surface area (Å²) in [4.78, 5) is 16.1. The molecule has 2 rings (SSSR count). The molecule has 1 atom stereocenters. The molecule has 0 radical (unpaired) electrons. The lowest BCUT2D eigenvalue weighted by atomic mass is 10.0. The predicted molar refractivity (Wildman–Crippen MR) is 77.6 cm³/mol. The van der Waals surface area contributed by atoms with Gasteiger partial charge in [-0.25, -0.2) is 4.98 Å². The topological polar surface area (TPSA) is 75.2 Å². The number of H-pyrrole nitrogens is 1. The first-order valence-corrected chi connectivity index (χ1v) is 6.27. The molecule has 0 saturated carbocycles. The van der Waals surface area contributed by atoms with Crippen molar-refractivity contribution < 1.29 is 14.6 Å². The van der Waals surface area contributed by atoms with Gasteiger partial charge < -0.3 is 14.8 Å². The van der Waals surface area contributed by atoms with Gasteiger partial charge in [0.05, 0.1) is 11.8 Å². The van der Waals surface area contributed by atoms with E-state index in [1.165, 1.54) is 5.56 Å². The number of nitrogens with one attached hydrogen (secondary N) is 1. The third-order valence-electron chi connectivity index (χ3n) is 2.99. The molecule has 1 aromatic heterocycles. The van der Waals surface area contributed by atoms with Crippen molar-refractivity contribution in [3.05, 3.63) is 41.3 Å². The lowest BCUT2D eigenvalue weighted by Gasteiger charge is -2.10. The highest BCUT2D eigenvalue weighted by atomic mass is 16.5. The van der Waals surface area contributed by atoms with E-state index < -0.39 is 0 Å². The summed E-state index contributed by atoms with van der Waals surface area (Å²) in [6.07, 6.45) is 0.107. The van der Waals surface area contributed by atoms with Gasteiger partial charge >= 0.3 is 0 Å². The zero-order chi connectivity index (χ0) is 15.1. The lowest BCUT2D eigenvalue weighted by molar-refractivity contribution is -0.122. The quantitative estimate of drug-likeness (QED) is 0.845. The molecule has 0 aliphatic heterocycles. The van der Waals surface area contributed by atoms with Gasteiger partial charge in [-0.2, -0.15) is 0 Å². The van der Waals surface area contributed by atoms with Gasteiger partial charge in [0.15, 0.2) is 0 Å². The number of nitrogens with zero attached hydrogens (tertiary/aromatic N) is 1. The van der Waals surface area contributed by atoms with Crippen LogP contribution < -0.4 is 0 Å². The highest BCUT2D eigenvalue weighted by Crippen LogP contribution is 2.25. The maximum atomic E-state index is 8.36. The summed E-state index contributed by atoms with van der Waals surface area (Å²) in [5.74, 6) is 0.947. The number of carboxylic acid groups (broad SMARTS) is 1. The zero-order valence-electron chi connectivity index (χ0n) is 12.2. The number of aromatic amines is 1. The first-order chi connectivity index (χ1) is 9.53. The molecule has 0 saturated heterocycles. The van der Waals surface area contributed by atoms with Crippen molar-refractivity contribution in [2.75, 3.05) is 7.11 Å². The molecule has 0 amide bonds. The van der Waals surface area contributed by atoms with Gasteiger partial charge in [0.1, 0.15) is 5.82 Å². The second kappa shape index (κ2) is 7.45. The van der Waals surface area contributed by atoms with Gasteiger partial charge in [-0.3, -0.25) is 4.79 Å². The third kappa shape index (κ3) is 3.93. The van der Waals surface area contributed by atoms with Crippen molar-refractivity contribution in [3.8, 4) is 11.3 Å². The van der Waals surface area contributed by atoms with E-state index in [0.717, 1.165) is 22.8 Å². The van der Waals surface area contributed by atoms with Crippen LogP contribution in [0.1, 0.15) is 30.1 Å². The first-order valence-electron chi connectivity index (χ1n) is 6.27. The Kier molecular flexibility index (Phi) is 5.93. The number of hydrogen-bond donors (Lipinski definition) is 2. The zero-order valence-corrected chi connectivity index (χ0v) is 12.2. The third-order valence-corrected chi connectivity index (χ3v) is 2.99. The largest absolute Gasteiger partial charge is 0.483 e. The average Bonchev–Trinajstić information content (AvgIpc) is 2.78. The normalized spacial score (nSPS) is 11.4. The second-order valence-electron chi connectivity index (χ2n) is 4.40. The van der Waals surface area contributed by atoms with Gasteiger partial charge in [-0.1, -0.05) is 18.2 Å². The Morgan fingerprint density at radius 1 is 1.40 bits per heavy atom. The highest BCUT2D eigenvalue weighted by Gasteiger charge is 2.09. The number of ether oxygens (including phenoxy) is 1. The minimum Gasteiger partial charge on any atom is -0.483 e. The van der Waals surface area contributed by atoms with Gasteiger partial charge in [0.2, 0.25) is 0 Å². The van der Waals surface area contributed by atoms with Crippen molar-refractivity contribution >= 4 is 6.47 Å². The van der Waals surface area contributed by atoms with E-state index in [-0.39, 0.29) is 12.6 Å². The van der Waals surface area contributed by atoms with Crippen LogP contribution in [-0.4, -0.2) is 28.7 Å². The molecule has 0 aliphatic carbocycles. The van der Waals surface area contributed by atoms with Crippen LogP contribution in [0, 0.1) is 13.8 Å². The summed E-state index contributed by atoms with van der Waals surface area (Å²) in [7, 11) is 1.72. The van der Waals surface area contributed by atoms with E-state index in [1.54, 1.807) is 7.11 Å². The Morgan fingerprint density at radius 2 is 2.05 bits per heavy atom. The molecule has 108 valence electrons. The van der Waals surface area contributed by atoms with Crippen molar-refractivity contribution in [1.82, 2.24) is 9.97 Å². The molecule has 0 bridgehead atoms. The summed E-state index contributed by atoms with van der Waals surface area (Å²) >= 11 is 0. The van der Waals surface area contributed by atoms with E-state index >= 15 is 0 Å². The molecule has 5 heteroatoms. The number of aromatic nitrogens is 2. The SMILES string of the molecule is COC(C)c1cccc(-c2nc(C)[nH]c2C)c1.O=CO. The molecule has 2 N–H and O–H groups in total. The molecular weight excluding hydrogens is 256 g/mol. The average molecular weight is 276 g/mol. The highest BCUT2D eigenvalue weighted by molar-refractivity contribution is 5.62. The second-order valence-corrected chi connectivity index (χ2v) is 4.40. The van der Waals surface area contributed by atoms with Gasteiger partial charge in [-0.15, -0.1) is 0 Å². The number of imidazole rings is 1. The Morgan fingerprint density at radius 3 is 2.55 bits per heavy atom. The number of aryl methyl sites for hydroxylation is 2. The molecule has 2 aromatic rings. The first kappa shape index (κ1) is 15.9. The Hall–Kier alpha value is -2.14. The smallest absolute Gasteiger partial charge is 0.290 e. The molecule has 0 aliphatic rings. The Balaban J connectivity index is 0.000000612. The van der Waals surface area contributed by atoms with Crippen molar-refractivity contribution in [2.24, 2.45) is 0 Å². The minimum atomic E-state index is -0.250. The van der Waals surface area contributed by atoms with E-state index in [4.69, 9.17) is 14.6 Å². The van der Waals surface area contributed by atoms with E-state index in [0.29, 0.717) is 0 Å². The number of rotatable bonds is 3. The monoisotopic (exact) mass is 276 g/mol. The number of methoxy groups -OCH3 is 1. The van der Waals surface area contributed by atoms with Crippen LogP contribution in [0.5, 0.6) is 0 Å². The summed E-state index contributed by atoms with van der Waals surface area (Å²) in [5, 5.41) is 6.89. The van der Waals surface area contributed by atoms with Crippen LogP contribution in [0.2, 0.25) is 0 Å². The van der Waals surface area contributed by atoms with Crippen LogP contribution in [0.25, 0.3) is 11.3 Å². The number of hydrogen-bond acceptors (Lipinski definition) is 3. The van der Waals surface area contributed by atoms with Gasteiger partial charge in [0, 0.05) is 18.4 Å². The summed E-state index contributed by atoms with van der Waals surface area (Å²) in [6.45, 7) is 5.81. The Labute approximate surface area is 118 Å². The standard InChI is InChI=1S/C14H18N2O.CH2O2/c1-9-14(16-11(3)15-9)13-7-5-6-12(8-13)10(2)17-4;2-1-3/h5-8,10H,1-4H3,(H,15,16);1H,(H,2,3). The maximum Gasteiger partial charge on any atom is 0.290 e. The van der Waals surface area contributed by atoms with Crippen molar-refractivity contribution in [1.29, 1.82) is 0 Å². The number of benzene rings is 1. The summed E-state index contributed by atoms with van der Waals surface area (Å²) in [6, 6.07) is 8.33. The van der Waals surface area contributed by atoms with Crippen molar-refractivity contribution in [2.45, 2.75) is 26.9 Å². The fourth-order valence-electron chi connectivity index (χ4n) is 1.97. The molecule has 20 heavy (non-hydrogen) atoms. The lowest BCUT2D eigenvalue weighted by Crippen LogP contribution is -1.95. The van der Waals surface area contributed by atoms with Crippen LogP contribution in [0.3, 0.4) is 0 Å². The van der Waals surface area contributed by atoms with Crippen molar-refractivity contribution in [3.63, 3.8) is 0 Å². The fourth-order valence-corrected chi connectivity index (χ4v) is 1.97. The molecular formula is C15H20N2O3.